The zero-order chi connectivity index (χ0) is 10.4. The minimum atomic E-state index is 0.193. The van der Waals surface area contributed by atoms with Crippen LogP contribution in [0.3, 0.4) is 0 Å². The van der Waals surface area contributed by atoms with E-state index in [0.717, 1.165) is 17.5 Å². The zero-order valence-corrected chi connectivity index (χ0v) is 8.63. The first kappa shape index (κ1) is 10.5. The Morgan fingerprint density at radius 3 is 2.43 bits per heavy atom. The Hall–Kier alpha value is -1.55. The lowest BCUT2D eigenvalue weighted by atomic mass is 10.1. The second-order valence-corrected chi connectivity index (χ2v) is 3.08. The van der Waals surface area contributed by atoms with Crippen LogP contribution in [0.4, 0.5) is 0 Å². The normalized spacial score (nSPS) is 9.00. The summed E-state index contributed by atoms with van der Waals surface area (Å²) in [6.07, 6.45) is 1.32. The molecule has 0 aliphatic rings. The van der Waals surface area contributed by atoms with Gasteiger partial charge in [-0.1, -0.05) is 37.1 Å². The smallest absolute Gasteiger partial charge is 0.162 e. The largest absolute Gasteiger partial charge is 0.294 e. The summed E-state index contributed by atoms with van der Waals surface area (Å²) in [5.74, 6) is 6.03. The van der Waals surface area contributed by atoms with Gasteiger partial charge in [0.2, 0.25) is 0 Å². The second-order valence-electron chi connectivity index (χ2n) is 3.08. The van der Waals surface area contributed by atoms with Crippen molar-refractivity contribution in [3.8, 4) is 11.8 Å². The monoisotopic (exact) mass is 186 g/mol. The Morgan fingerprint density at radius 2 is 1.93 bits per heavy atom. The Bertz CT molecular complexity index is 362. The van der Waals surface area contributed by atoms with Crippen LogP contribution in [0.5, 0.6) is 0 Å². The third-order valence-corrected chi connectivity index (χ3v) is 2.07. The van der Waals surface area contributed by atoms with Crippen molar-refractivity contribution in [1.29, 1.82) is 0 Å². The van der Waals surface area contributed by atoms with E-state index in [2.05, 4.69) is 11.8 Å². The summed E-state index contributed by atoms with van der Waals surface area (Å²) in [7, 11) is 0. The number of carbonyl (C=O) groups is 1. The van der Waals surface area contributed by atoms with Gasteiger partial charge in [-0.3, -0.25) is 4.79 Å². The second kappa shape index (κ2) is 5.24. The number of hydrogen-bond donors (Lipinski definition) is 0. The number of carbonyl (C=O) groups excluding carboxylic acids is 1. The van der Waals surface area contributed by atoms with E-state index in [9.17, 15) is 4.79 Å². The number of rotatable bonds is 3. The summed E-state index contributed by atoms with van der Waals surface area (Å²) < 4.78 is 0. The molecule has 0 spiro atoms. The van der Waals surface area contributed by atoms with Crippen molar-refractivity contribution in [2.75, 3.05) is 0 Å². The molecule has 0 amide bonds. The zero-order valence-electron chi connectivity index (χ0n) is 8.63. The van der Waals surface area contributed by atoms with Crippen molar-refractivity contribution in [1.82, 2.24) is 0 Å². The molecule has 0 saturated heterocycles. The van der Waals surface area contributed by atoms with Gasteiger partial charge in [0.1, 0.15) is 0 Å². The Kier molecular flexibility index (Phi) is 3.94. The highest BCUT2D eigenvalue weighted by Crippen LogP contribution is 2.07. The summed E-state index contributed by atoms with van der Waals surface area (Å²) in [6, 6.07) is 7.68. The van der Waals surface area contributed by atoms with E-state index in [0.29, 0.717) is 6.42 Å². The van der Waals surface area contributed by atoms with Gasteiger partial charge in [0.05, 0.1) is 0 Å². The quantitative estimate of drug-likeness (QED) is 0.524. The third kappa shape index (κ3) is 2.74. The molecule has 0 aliphatic heterocycles. The maximum Gasteiger partial charge on any atom is 0.162 e. The van der Waals surface area contributed by atoms with E-state index < -0.39 is 0 Å². The molecule has 1 rings (SSSR count). The van der Waals surface area contributed by atoms with Gasteiger partial charge in [0, 0.05) is 18.4 Å². The molecule has 0 unspecified atom stereocenters. The van der Waals surface area contributed by atoms with E-state index in [1.165, 1.54) is 0 Å². The van der Waals surface area contributed by atoms with E-state index in [4.69, 9.17) is 0 Å². The summed E-state index contributed by atoms with van der Waals surface area (Å²) in [5.41, 5.74) is 1.95. The fourth-order valence-electron chi connectivity index (χ4n) is 1.20. The lowest BCUT2D eigenvalue weighted by molar-refractivity contribution is 0.0988. The van der Waals surface area contributed by atoms with Crippen LogP contribution < -0.4 is 0 Å². The third-order valence-electron chi connectivity index (χ3n) is 2.07. The molecule has 0 N–H and O–H groups in total. The van der Waals surface area contributed by atoms with Gasteiger partial charge in [-0.2, -0.15) is 0 Å². The highest BCUT2D eigenvalue weighted by atomic mass is 16.1. The molecular weight excluding hydrogens is 172 g/mol. The van der Waals surface area contributed by atoms with Crippen LogP contribution in [0.1, 0.15) is 36.2 Å². The molecule has 0 aliphatic carbocycles. The lowest BCUT2D eigenvalue weighted by Crippen LogP contribution is -1.96. The molecule has 72 valence electrons. The molecule has 1 aromatic rings. The number of hydrogen-bond acceptors (Lipinski definition) is 1. The van der Waals surface area contributed by atoms with Gasteiger partial charge >= 0.3 is 0 Å². The molecule has 0 saturated carbocycles. The fraction of sp³-hybridized carbons (Fsp3) is 0.308. The molecule has 1 nitrogen and oxygen atoms in total. The average molecular weight is 186 g/mol. The van der Waals surface area contributed by atoms with Crippen LogP contribution in [0.15, 0.2) is 24.3 Å². The van der Waals surface area contributed by atoms with Crippen LogP contribution >= 0.6 is 0 Å². The SMILES string of the molecule is CC#CCc1ccc(C(=O)CC)cc1. The highest BCUT2D eigenvalue weighted by molar-refractivity contribution is 5.95. The van der Waals surface area contributed by atoms with Gasteiger partial charge in [-0.05, 0) is 12.5 Å². The van der Waals surface area contributed by atoms with E-state index in [1.807, 2.05) is 38.1 Å². The summed E-state index contributed by atoms with van der Waals surface area (Å²) in [6.45, 7) is 3.70. The van der Waals surface area contributed by atoms with E-state index in [1.54, 1.807) is 0 Å². The van der Waals surface area contributed by atoms with Crippen LogP contribution in [-0.2, 0) is 6.42 Å². The standard InChI is InChI=1S/C13H14O/c1-3-5-6-11-7-9-12(10-8-11)13(14)4-2/h7-10H,4,6H2,1-2H3. The molecule has 0 radical (unpaired) electrons. The molecule has 1 aromatic carbocycles. The minimum Gasteiger partial charge on any atom is -0.294 e. The minimum absolute atomic E-state index is 0.193. The van der Waals surface area contributed by atoms with Crippen molar-refractivity contribution < 1.29 is 4.79 Å². The predicted molar refractivity (Wildman–Crippen MR) is 58.2 cm³/mol. The maximum absolute atomic E-state index is 11.3. The van der Waals surface area contributed by atoms with Gasteiger partial charge < -0.3 is 0 Å². The van der Waals surface area contributed by atoms with Crippen molar-refractivity contribution >= 4 is 5.78 Å². The van der Waals surface area contributed by atoms with Crippen LogP contribution in [0.25, 0.3) is 0 Å². The van der Waals surface area contributed by atoms with Crippen molar-refractivity contribution in [3.05, 3.63) is 35.4 Å². The Morgan fingerprint density at radius 1 is 1.29 bits per heavy atom. The topological polar surface area (TPSA) is 17.1 Å². The molecule has 14 heavy (non-hydrogen) atoms. The first-order valence-electron chi connectivity index (χ1n) is 4.79. The summed E-state index contributed by atoms with van der Waals surface area (Å²) in [4.78, 5) is 11.3. The van der Waals surface area contributed by atoms with E-state index >= 15 is 0 Å². The van der Waals surface area contributed by atoms with Crippen LogP contribution in [0.2, 0.25) is 0 Å². The Balaban J connectivity index is 2.76. The highest BCUT2D eigenvalue weighted by Gasteiger charge is 2.01. The molecule has 0 bridgehead atoms. The van der Waals surface area contributed by atoms with Gasteiger partial charge in [-0.15, -0.1) is 5.92 Å². The van der Waals surface area contributed by atoms with Gasteiger partial charge in [0.25, 0.3) is 0 Å². The molecule has 0 heterocycles. The molecule has 1 heteroatoms. The Labute approximate surface area is 85.1 Å². The molecular formula is C13H14O. The van der Waals surface area contributed by atoms with E-state index in [-0.39, 0.29) is 5.78 Å². The number of Topliss-reactive ketones (excluding diaryl/α,β-unsaturated/α-hetero) is 1. The van der Waals surface area contributed by atoms with Crippen LogP contribution in [0, 0.1) is 11.8 Å². The lowest BCUT2D eigenvalue weighted by Gasteiger charge is -1.99. The number of ketones is 1. The first-order valence-corrected chi connectivity index (χ1v) is 4.79. The van der Waals surface area contributed by atoms with Crippen molar-refractivity contribution in [2.45, 2.75) is 26.7 Å². The summed E-state index contributed by atoms with van der Waals surface area (Å²) >= 11 is 0. The van der Waals surface area contributed by atoms with Gasteiger partial charge in [0.15, 0.2) is 5.78 Å². The molecule has 0 aromatic heterocycles. The summed E-state index contributed by atoms with van der Waals surface area (Å²) in [5, 5.41) is 0. The first-order chi connectivity index (χ1) is 6.77. The van der Waals surface area contributed by atoms with Crippen LogP contribution in [-0.4, -0.2) is 5.78 Å². The fourth-order valence-corrected chi connectivity index (χ4v) is 1.20. The molecule has 0 atom stereocenters. The van der Waals surface area contributed by atoms with Crippen molar-refractivity contribution in [3.63, 3.8) is 0 Å². The average Bonchev–Trinajstić information content (AvgIpc) is 2.26. The van der Waals surface area contributed by atoms with Crippen molar-refractivity contribution in [2.24, 2.45) is 0 Å². The predicted octanol–water partition coefficient (Wildman–Crippen LogP) is 2.85. The maximum atomic E-state index is 11.3. The number of benzene rings is 1. The van der Waals surface area contributed by atoms with Gasteiger partial charge in [-0.25, -0.2) is 0 Å². The molecule has 0 fully saturated rings.